The second kappa shape index (κ2) is 2.75. The Balaban J connectivity index is 2.91. The van der Waals surface area contributed by atoms with Gasteiger partial charge in [-0.15, -0.1) is 0 Å². The third kappa shape index (κ3) is 1.06. The normalized spacial score (nSPS) is 10.4. The first-order valence-corrected chi connectivity index (χ1v) is 4.37. The highest BCUT2D eigenvalue weighted by atomic mass is 79.9. The molecule has 1 aromatic carbocycles. The molecule has 2 N–H and O–H groups in total. The van der Waals surface area contributed by atoms with E-state index < -0.39 is 0 Å². The van der Waals surface area contributed by atoms with Crippen LogP contribution < -0.4 is 5.73 Å². The van der Waals surface area contributed by atoms with E-state index in [1.54, 1.807) is 6.20 Å². The van der Waals surface area contributed by atoms with E-state index in [-0.39, 0.29) is 0 Å². The molecule has 0 saturated carbocycles. The summed E-state index contributed by atoms with van der Waals surface area (Å²) < 4.78 is 0.709. The minimum Gasteiger partial charge on any atom is -0.396 e. The zero-order valence-corrected chi connectivity index (χ0v) is 7.88. The lowest BCUT2D eigenvalue weighted by Gasteiger charge is -2.01. The van der Waals surface area contributed by atoms with E-state index in [4.69, 9.17) is 5.73 Å². The molecule has 0 radical (unpaired) electrons. The standard InChI is InChI=1S/C9H7BrN2/c10-9-8(11)7-4-2-1-3-6(7)5-12-9/h1-5H,11H2. The van der Waals surface area contributed by atoms with Crippen LogP contribution in [0.2, 0.25) is 0 Å². The first-order valence-electron chi connectivity index (χ1n) is 3.58. The van der Waals surface area contributed by atoms with E-state index in [0.717, 1.165) is 10.8 Å². The Morgan fingerprint density at radius 2 is 2.00 bits per heavy atom. The van der Waals surface area contributed by atoms with E-state index in [1.807, 2.05) is 24.3 Å². The Morgan fingerprint density at radius 3 is 2.83 bits per heavy atom. The summed E-state index contributed by atoms with van der Waals surface area (Å²) in [7, 11) is 0. The fraction of sp³-hybridized carbons (Fsp3) is 0. The van der Waals surface area contributed by atoms with Crippen molar-refractivity contribution >= 4 is 32.4 Å². The van der Waals surface area contributed by atoms with Gasteiger partial charge in [0.2, 0.25) is 0 Å². The molecule has 1 aromatic heterocycles. The molecule has 0 aliphatic heterocycles. The monoisotopic (exact) mass is 222 g/mol. The van der Waals surface area contributed by atoms with Crippen molar-refractivity contribution in [3.05, 3.63) is 35.1 Å². The number of nitrogens with zero attached hydrogens (tertiary/aromatic N) is 1. The molecule has 0 aliphatic carbocycles. The maximum absolute atomic E-state index is 5.81. The molecule has 12 heavy (non-hydrogen) atoms. The Morgan fingerprint density at radius 1 is 1.25 bits per heavy atom. The molecular weight excluding hydrogens is 216 g/mol. The van der Waals surface area contributed by atoms with E-state index in [9.17, 15) is 0 Å². The molecule has 0 unspecified atom stereocenters. The smallest absolute Gasteiger partial charge is 0.129 e. The summed E-state index contributed by atoms with van der Waals surface area (Å²) in [4.78, 5) is 4.10. The van der Waals surface area contributed by atoms with E-state index in [0.29, 0.717) is 10.3 Å². The minimum absolute atomic E-state index is 0.702. The SMILES string of the molecule is Nc1c(Br)ncc2ccccc12. The molecule has 0 amide bonds. The summed E-state index contributed by atoms with van der Waals surface area (Å²) in [5.74, 6) is 0. The van der Waals surface area contributed by atoms with Crippen LogP contribution in [0.5, 0.6) is 0 Å². The quantitative estimate of drug-likeness (QED) is 0.697. The average Bonchev–Trinajstić information content (AvgIpc) is 2.12. The molecule has 0 aliphatic rings. The molecule has 0 spiro atoms. The van der Waals surface area contributed by atoms with Crippen LogP contribution in [-0.4, -0.2) is 4.98 Å². The third-order valence-electron chi connectivity index (χ3n) is 1.79. The van der Waals surface area contributed by atoms with Gasteiger partial charge in [0.25, 0.3) is 0 Å². The van der Waals surface area contributed by atoms with E-state index in [1.165, 1.54) is 0 Å². The number of aromatic nitrogens is 1. The van der Waals surface area contributed by atoms with Gasteiger partial charge in [-0.25, -0.2) is 4.98 Å². The summed E-state index contributed by atoms with van der Waals surface area (Å²) in [6.07, 6.45) is 1.80. The summed E-state index contributed by atoms with van der Waals surface area (Å²) >= 11 is 3.28. The zero-order valence-electron chi connectivity index (χ0n) is 6.29. The van der Waals surface area contributed by atoms with Gasteiger partial charge in [0.15, 0.2) is 0 Å². The molecule has 1 heterocycles. The third-order valence-corrected chi connectivity index (χ3v) is 2.42. The van der Waals surface area contributed by atoms with Crippen molar-refractivity contribution < 1.29 is 0 Å². The maximum Gasteiger partial charge on any atom is 0.129 e. The van der Waals surface area contributed by atoms with Crippen molar-refractivity contribution in [1.29, 1.82) is 0 Å². The molecule has 0 fully saturated rings. The number of nitrogen functional groups attached to an aromatic ring is 1. The first-order chi connectivity index (χ1) is 5.79. The van der Waals surface area contributed by atoms with Crippen LogP contribution in [0.4, 0.5) is 5.69 Å². The van der Waals surface area contributed by atoms with Crippen LogP contribution in [0.15, 0.2) is 35.1 Å². The Hall–Kier alpha value is -1.09. The molecule has 2 aromatic rings. The van der Waals surface area contributed by atoms with Gasteiger partial charge in [0.05, 0.1) is 5.69 Å². The van der Waals surface area contributed by atoms with Crippen LogP contribution in [0.1, 0.15) is 0 Å². The lowest BCUT2D eigenvalue weighted by Crippen LogP contribution is -1.90. The van der Waals surface area contributed by atoms with Crippen molar-refractivity contribution in [2.45, 2.75) is 0 Å². The highest BCUT2D eigenvalue weighted by Crippen LogP contribution is 2.25. The summed E-state index contributed by atoms with van der Waals surface area (Å²) in [6.45, 7) is 0. The Kier molecular flexibility index (Phi) is 1.73. The molecule has 3 heteroatoms. The fourth-order valence-corrected chi connectivity index (χ4v) is 1.48. The van der Waals surface area contributed by atoms with Crippen LogP contribution >= 0.6 is 15.9 Å². The first kappa shape index (κ1) is 7.55. The van der Waals surface area contributed by atoms with Crippen LogP contribution in [0.25, 0.3) is 10.8 Å². The number of hydrogen-bond donors (Lipinski definition) is 1. The van der Waals surface area contributed by atoms with Crippen LogP contribution in [0, 0.1) is 0 Å². The Labute approximate surface area is 78.5 Å². The molecule has 0 atom stereocenters. The van der Waals surface area contributed by atoms with Gasteiger partial charge in [-0.05, 0) is 15.9 Å². The van der Waals surface area contributed by atoms with Crippen LogP contribution in [0.3, 0.4) is 0 Å². The Bertz CT molecular complexity index is 426. The molecule has 0 bridgehead atoms. The van der Waals surface area contributed by atoms with Crippen LogP contribution in [-0.2, 0) is 0 Å². The van der Waals surface area contributed by atoms with Crippen molar-refractivity contribution in [2.24, 2.45) is 0 Å². The van der Waals surface area contributed by atoms with E-state index in [2.05, 4.69) is 20.9 Å². The van der Waals surface area contributed by atoms with Gasteiger partial charge >= 0.3 is 0 Å². The number of halogens is 1. The molecule has 2 nitrogen and oxygen atoms in total. The molecule has 60 valence electrons. The predicted molar refractivity (Wildman–Crippen MR) is 53.9 cm³/mol. The molecular formula is C9H7BrN2. The van der Waals surface area contributed by atoms with Gasteiger partial charge in [-0.1, -0.05) is 24.3 Å². The zero-order chi connectivity index (χ0) is 8.55. The lowest BCUT2D eigenvalue weighted by atomic mass is 10.1. The number of nitrogens with two attached hydrogens (primary N) is 1. The van der Waals surface area contributed by atoms with Crippen molar-refractivity contribution in [3.63, 3.8) is 0 Å². The number of rotatable bonds is 0. The van der Waals surface area contributed by atoms with E-state index >= 15 is 0 Å². The number of fused-ring (bicyclic) bond motifs is 1. The predicted octanol–water partition coefficient (Wildman–Crippen LogP) is 2.58. The number of anilines is 1. The molecule has 2 rings (SSSR count). The van der Waals surface area contributed by atoms with Crippen molar-refractivity contribution in [1.82, 2.24) is 4.98 Å². The topological polar surface area (TPSA) is 38.9 Å². The summed E-state index contributed by atoms with van der Waals surface area (Å²) in [5, 5.41) is 2.11. The van der Waals surface area contributed by atoms with Gasteiger partial charge in [-0.2, -0.15) is 0 Å². The highest BCUT2D eigenvalue weighted by Gasteiger charge is 2.00. The number of hydrogen-bond acceptors (Lipinski definition) is 2. The minimum atomic E-state index is 0.702. The fourth-order valence-electron chi connectivity index (χ4n) is 1.16. The van der Waals surface area contributed by atoms with Gasteiger partial charge in [-0.3, -0.25) is 0 Å². The van der Waals surface area contributed by atoms with Gasteiger partial charge in [0, 0.05) is 17.0 Å². The average molecular weight is 223 g/mol. The number of pyridine rings is 1. The second-order valence-electron chi connectivity index (χ2n) is 2.55. The van der Waals surface area contributed by atoms with Gasteiger partial charge < -0.3 is 5.73 Å². The van der Waals surface area contributed by atoms with Crippen molar-refractivity contribution in [2.75, 3.05) is 5.73 Å². The lowest BCUT2D eigenvalue weighted by molar-refractivity contribution is 1.31. The molecule has 0 saturated heterocycles. The van der Waals surface area contributed by atoms with Gasteiger partial charge in [0.1, 0.15) is 4.60 Å². The second-order valence-corrected chi connectivity index (χ2v) is 3.30. The summed E-state index contributed by atoms with van der Waals surface area (Å²) in [5.41, 5.74) is 6.51. The highest BCUT2D eigenvalue weighted by molar-refractivity contribution is 9.10. The largest absolute Gasteiger partial charge is 0.396 e. The van der Waals surface area contributed by atoms with Crippen molar-refractivity contribution in [3.8, 4) is 0 Å². The summed E-state index contributed by atoms with van der Waals surface area (Å²) in [6, 6.07) is 7.91. The number of benzene rings is 1. The maximum atomic E-state index is 5.81.